The molecule has 0 saturated carbocycles. The van der Waals surface area contributed by atoms with Crippen molar-refractivity contribution in [1.29, 1.82) is 0 Å². The van der Waals surface area contributed by atoms with Gasteiger partial charge in [0.25, 0.3) is 0 Å². The highest BCUT2D eigenvalue weighted by atomic mass is 16.4. The van der Waals surface area contributed by atoms with Crippen molar-refractivity contribution in [3.05, 3.63) is 23.3 Å². The van der Waals surface area contributed by atoms with Crippen LogP contribution in [0.3, 0.4) is 0 Å². The molecule has 0 aromatic heterocycles. The minimum atomic E-state index is -1.01. The zero-order valence-electron chi connectivity index (χ0n) is 10.6. The average molecular weight is 252 g/mol. The quantitative estimate of drug-likeness (QED) is 0.439. The summed E-state index contributed by atoms with van der Waals surface area (Å²) in [4.78, 5) is 11.0. The van der Waals surface area contributed by atoms with Gasteiger partial charge in [0.15, 0.2) is 0 Å². The molecule has 1 aromatic rings. The van der Waals surface area contributed by atoms with Crippen LogP contribution < -0.4 is 11.1 Å². The third-order valence-electron chi connectivity index (χ3n) is 2.78. The molecular weight excluding hydrogens is 232 g/mol. The molecule has 0 amide bonds. The molecular formula is C13H20N2O3. The number of benzene rings is 1. The van der Waals surface area contributed by atoms with E-state index in [1.165, 1.54) is 0 Å². The third kappa shape index (κ3) is 3.92. The molecule has 5 nitrogen and oxygen atoms in total. The van der Waals surface area contributed by atoms with E-state index in [-0.39, 0.29) is 12.2 Å². The number of aromatic carboxylic acids is 1. The van der Waals surface area contributed by atoms with E-state index in [1.54, 1.807) is 13.0 Å². The largest absolute Gasteiger partial charge is 0.478 e. The van der Waals surface area contributed by atoms with E-state index in [4.69, 9.17) is 15.9 Å². The van der Waals surface area contributed by atoms with E-state index in [0.29, 0.717) is 5.69 Å². The zero-order chi connectivity index (χ0) is 13.5. The SMILES string of the molecule is Cc1cc(NCCCCCO)cc(C(=O)O)c1N. The Morgan fingerprint density at radius 2 is 2.06 bits per heavy atom. The van der Waals surface area contributed by atoms with E-state index in [9.17, 15) is 4.79 Å². The summed E-state index contributed by atoms with van der Waals surface area (Å²) in [5.74, 6) is -1.01. The van der Waals surface area contributed by atoms with Crippen LogP contribution in [0.15, 0.2) is 12.1 Å². The Balaban J connectivity index is 2.64. The Morgan fingerprint density at radius 3 is 2.67 bits per heavy atom. The van der Waals surface area contributed by atoms with Crippen LogP contribution in [0, 0.1) is 6.92 Å². The summed E-state index contributed by atoms with van der Waals surface area (Å²) in [6.07, 6.45) is 2.68. The van der Waals surface area contributed by atoms with Gasteiger partial charge in [-0.25, -0.2) is 4.79 Å². The van der Waals surface area contributed by atoms with Crippen molar-refractivity contribution in [2.45, 2.75) is 26.2 Å². The molecule has 5 N–H and O–H groups in total. The fourth-order valence-electron chi connectivity index (χ4n) is 1.72. The van der Waals surface area contributed by atoms with E-state index >= 15 is 0 Å². The fourth-order valence-corrected chi connectivity index (χ4v) is 1.72. The highest BCUT2D eigenvalue weighted by molar-refractivity contribution is 5.95. The second kappa shape index (κ2) is 6.86. The first-order valence-corrected chi connectivity index (χ1v) is 6.04. The van der Waals surface area contributed by atoms with Crippen molar-refractivity contribution in [3.63, 3.8) is 0 Å². The maximum Gasteiger partial charge on any atom is 0.337 e. The summed E-state index contributed by atoms with van der Waals surface area (Å²) >= 11 is 0. The standard InChI is InChI=1S/C13H20N2O3/c1-9-7-10(15-5-3-2-4-6-16)8-11(12(9)14)13(17)18/h7-8,15-16H,2-6,14H2,1H3,(H,17,18). The molecule has 0 atom stereocenters. The number of aryl methyl sites for hydroxylation is 1. The highest BCUT2D eigenvalue weighted by Crippen LogP contribution is 2.22. The van der Waals surface area contributed by atoms with Crippen LogP contribution in [0.2, 0.25) is 0 Å². The Hall–Kier alpha value is -1.75. The van der Waals surface area contributed by atoms with Gasteiger partial charge in [-0.3, -0.25) is 0 Å². The van der Waals surface area contributed by atoms with E-state index in [1.807, 2.05) is 6.07 Å². The Bertz CT molecular complexity index is 419. The van der Waals surface area contributed by atoms with Gasteiger partial charge in [-0.2, -0.15) is 0 Å². The normalized spacial score (nSPS) is 10.3. The number of aliphatic hydroxyl groups excluding tert-OH is 1. The maximum absolute atomic E-state index is 11.0. The fraction of sp³-hybridized carbons (Fsp3) is 0.462. The maximum atomic E-state index is 11.0. The van der Waals surface area contributed by atoms with Gasteiger partial charge in [0.2, 0.25) is 0 Å². The number of hydrogen-bond acceptors (Lipinski definition) is 4. The van der Waals surface area contributed by atoms with E-state index in [2.05, 4.69) is 5.32 Å². The van der Waals surface area contributed by atoms with Gasteiger partial charge >= 0.3 is 5.97 Å². The number of anilines is 2. The number of rotatable bonds is 7. The van der Waals surface area contributed by atoms with Crippen LogP contribution in [0.25, 0.3) is 0 Å². The van der Waals surface area contributed by atoms with Crippen molar-refractivity contribution in [2.24, 2.45) is 0 Å². The van der Waals surface area contributed by atoms with Crippen LogP contribution in [0.1, 0.15) is 35.2 Å². The molecule has 1 aromatic carbocycles. The van der Waals surface area contributed by atoms with Crippen LogP contribution in [-0.2, 0) is 0 Å². The first kappa shape index (κ1) is 14.3. The molecule has 0 fully saturated rings. The molecule has 100 valence electrons. The minimum Gasteiger partial charge on any atom is -0.478 e. The van der Waals surface area contributed by atoms with Crippen molar-refractivity contribution >= 4 is 17.3 Å². The number of aliphatic hydroxyl groups is 1. The minimum absolute atomic E-state index is 0.132. The second-order valence-electron chi connectivity index (χ2n) is 4.27. The van der Waals surface area contributed by atoms with Gasteiger partial charge in [0.1, 0.15) is 0 Å². The first-order valence-electron chi connectivity index (χ1n) is 6.04. The lowest BCUT2D eigenvalue weighted by Crippen LogP contribution is -2.08. The van der Waals surface area contributed by atoms with Gasteiger partial charge in [-0.15, -0.1) is 0 Å². The summed E-state index contributed by atoms with van der Waals surface area (Å²) in [7, 11) is 0. The molecule has 5 heteroatoms. The summed E-state index contributed by atoms with van der Waals surface area (Å²) in [6.45, 7) is 2.76. The van der Waals surface area contributed by atoms with Crippen LogP contribution in [0.5, 0.6) is 0 Å². The topological polar surface area (TPSA) is 95.6 Å². The zero-order valence-corrected chi connectivity index (χ0v) is 10.6. The average Bonchev–Trinajstić information content (AvgIpc) is 2.32. The Morgan fingerprint density at radius 1 is 1.33 bits per heavy atom. The number of nitrogens with one attached hydrogen (secondary N) is 1. The molecule has 0 aliphatic rings. The van der Waals surface area contributed by atoms with Gasteiger partial charge in [-0.1, -0.05) is 0 Å². The first-order chi connectivity index (χ1) is 8.56. The van der Waals surface area contributed by atoms with Crippen molar-refractivity contribution in [1.82, 2.24) is 0 Å². The van der Waals surface area contributed by atoms with Crippen molar-refractivity contribution < 1.29 is 15.0 Å². The van der Waals surface area contributed by atoms with Gasteiger partial charge < -0.3 is 21.3 Å². The van der Waals surface area contributed by atoms with Gasteiger partial charge in [0, 0.05) is 24.5 Å². The number of nitrogen functional groups attached to an aromatic ring is 1. The Kier molecular flexibility index (Phi) is 5.45. The summed E-state index contributed by atoms with van der Waals surface area (Å²) in [5.41, 5.74) is 7.68. The predicted octanol–water partition coefficient (Wildman–Crippen LogP) is 1.85. The lowest BCUT2D eigenvalue weighted by atomic mass is 10.1. The number of hydrogen-bond donors (Lipinski definition) is 4. The lowest BCUT2D eigenvalue weighted by molar-refractivity contribution is 0.0698. The number of carbonyl (C=O) groups is 1. The second-order valence-corrected chi connectivity index (χ2v) is 4.27. The monoisotopic (exact) mass is 252 g/mol. The molecule has 1 rings (SSSR count). The highest BCUT2D eigenvalue weighted by Gasteiger charge is 2.11. The molecule has 0 unspecified atom stereocenters. The van der Waals surface area contributed by atoms with Crippen LogP contribution in [0.4, 0.5) is 11.4 Å². The molecule has 18 heavy (non-hydrogen) atoms. The van der Waals surface area contributed by atoms with E-state index < -0.39 is 5.97 Å². The van der Waals surface area contributed by atoms with E-state index in [0.717, 1.165) is 37.1 Å². The predicted molar refractivity (Wildman–Crippen MR) is 72.0 cm³/mol. The van der Waals surface area contributed by atoms with Gasteiger partial charge in [0.05, 0.1) is 5.56 Å². The Labute approximate surface area is 107 Å². The molecule has 0 heterocycles. The summed E-state index contributed by atoms with van der Waals surface area (Å²) in [6, 6.07) is 3.39. The number of carboxylic acids is 1. The summed E-state index contributed by atoms with van der Waals surface area (Å²) < 4.78 is 0. The summed E-state index contributed by atoms with van der Waals surface area (Å²) in [5, 5.41) is 20.8. The number of nitrogens with two attached hydrogens (primary N) is 1. The molecule has 0 saturated heterocycles. The van der Waals surface area contributed by atoms with Gasteiger partial charge in [-0.05, 0) is 43.9 Å². The van der Waals surface area contributed by atoms with Crippen molar-refractivity contribution in [3.8, 4) is 0 Å². The van der Waals surface area contributed by atoms with Crippen LogP contribution >= 0.6 is 0 Å². The molecule has 0 bridgehead atoms. The van der Waals surface area contributed by atoms with Crippen molar-refractivity contribution in [2.75, 3.05) is 24.2 Å². The smallest absolute Gasteiger partial charge is 0.337 e. The van der Waals surface area contributed by atoms with Crippen LogP contribution in [-0.4, -0.2) is 29.3 Å². The molecule has 0 spiro atoms. The molecule has 0 radical (unpaired) electrons. The third-order valence-corrected chi connectivity index (χ3v) is 2.78. The molecule has 0 aliphatic carbocycles. The number of unbranched alkanes of at least 4 members (excludes halogenated alkanes) is 2. The molecule has 0 aliphatic heterocycles. The lowest BCUT2D eigenvalue weighted by Gasteiger charge is -2.11. The number of carboxylic acid groups (broad SMARTS) is 1.